The number of carbonyl (C=O) groups is 5. The molecule has 1 aliphatic carbocycles. The third-order valence-corrected chi connectivity index (χ3v) is 5.65. The quantitative estimate of drug-likeness (QED) is 0.396. The number of rotatable bonds is 7. The van der Waals surface area contributed by atoms with Crippen molar-refractivity contribution in [1.82, 2.24) is 5.32 Å². The van der Waals surface area contributed by atoms with Gasteiger partial charge in [0.15, 0.2) is 36.4 Å². The number of ether oxygens (including phenoxy) is 7. The van der Waals surface area contributed by atoms with E-state index in [1.165, 1.54) is 19.1 Å². The minimum Gasteiger partial charge on any atom is -0.477 e. The zero-order valence-electron chi connectivity index (χ0n) is 20.5. The first-order chi connectivity index (χ1) is 17.6. The first kappa shape index (κ1) is 25.8. The lowest BCUT2D eigenvalue weighted by Gasteiger charge is -2.42. The highest BCUT2D eigenvalue weighted by Gasteiger charge is 2.50. The fourth-order valence-corrected chi connectivity index (χ4v) is 4.44. The van der Waals surface area contributed by atoms with Crippen LogP contribution in [0.15, 0.2) is 12.1 Å². The van der Waals surface area contributed by atoms with Crippen LogP contribution < -0.4 is 19.5 Å². The predicted octanol–water partition coefficient (Wildman–Crippen LogP) is 0.661. The zero-order valence-corrected chi connectivity index (χ0v) is 20.5. The van der Waals surface area contributed by atoms with Crippen LogP contribution in [0.2, 0.25) is 0 Å². The molecule has 0 radical (unpaired) electrons. The molecule has 198 valence electrons. The van der Waals surface area contributed by atoms with Crippen molar-refractivity contribution in [2.75, 3.05) is 20.0 Å². The number of esters is 4. The SMILES string of the molecule is CCOC(=O)COc1c2c(cc3c1C(=O)N[C@@H]1C3=C[C@H](OC(C)=O)[C@H](OC(C)=O)[C@H]1OC(C)=O)OCO2. The molecule has 0 aromatic heterocycles. The molecule has 1 N–H and O–H groups in total. The molecule has 0 spiro atoms. The van der Waals surface area contributed by atoms with Crippen LogP contribution in [0.1, 0.15) is 43.6 Å². The summed E-state index contributed by atoms with van der Waals surface area (Å²) < 4.78 is 37.8. The van der Waals surface area contributed by atoms with E-state index < -0.39 is 60.7 Å². The maximum Gasteiger partial charge on any atom is 0.344 e. The second-order valence-electron chi connectivity index (χ2n) is 8.25. The normalized spacial score (nSPS) is 22.9. The molecule has 0 bridgehead atoms. The summed E-state index contributed by atoms with van der Waals surface area (Å²) in [5.41, 5.74) is 0.701. The first-order valence-corrected chi connectivity index (χ1v) is 11.4. The Morgan fingerprint density at radius 1 is 1.00 bits per heavy atom. The molecule has 1 amide bonds. The Bertz CT molecular complexity index is 1190. The fraction of sp³-hybridized carbons (Fsp3) is 0.458. The number of benzene rings is 1. The van der Waals surface area contributed by atoms with Gasteiger partial charge in [-0.15, -0.1) is 0 Å². The Hall–Kier alpha value is -4.29. The van der Waals surface area contributed by atoms with E-state index in [9.17, 15) is 24.0 Å². The van der Waals surface area contributed by atoms with Crippen LogP contribution in [0.25, 0.3) is 5.57 Å². The summed E-state index contributed by atoms with van der Waals surface area (Å²) in [4.78, 5) is 61.0. The second kappa shape index (κ2) is 10.4. The average Bonchev–Trinajstić information content (AvgIpc) is 3.27. The van der Waals surface area contributed by atoms with Gasteiger partial charge >= 0.3 is 23.9 Å². The van der Waals surface area contributed by atoms with Crippen LogP contribution in [0.5, 0.6) is 17.2 Å². The third-order valence-electron chi connectivity index (χ3n) is 5.65. The van der Waals surface area contributed by atoms with E-state index in [1.807, 2.05) is 0 Å². The third kappa shape index (κ3) is 5.15. The first-order valence-electron chi connectivity index (χ1n) is 11.4. The maximum atomic E-state index is 13.4. The molecular weight excluding hydrogens is 494 g/mol. The van der Waals surface area contributed by atoms with Crippen LogP contribution in [0.4, 0.5) is 0 Å². The summed E-state index contributed by atoms with van der Waals surface area (Å²) in [7, 11) is 0. The predicted molar refractivity (Wildman–Crippen MR) is 121 cm³/mol. The highest BCUT2D eigenvalue weighted by Crippen LogP contribution is 2.49. The van der Waals surface area contributed by atoms with Crippen LogP contribution in [-0.4, -0.2) is 74.1 Å². The van der Waals surface area contributed by atoms with Gasteiger partial charge in [0.2, 0.25) is 12.5 Å². The standard InChI is InChI=1S/C24H25NO12/c1-5-31-17(29)8-32-22-18-13(6-15-20(22)34-9-33-15)14-7-16(35-10(2)26)21(36-11(3)27)23(37-12(4)28)19(14)25-24(18)30/h6-7,16,19,21,23H,5,8-9H2,1-4H3,(H,25,30)/t16-,19+,21-,23-/m0/s1. The molecule has 0 saturated carbocycles. The summed E-state index contributed by atoms with van der Waals surface area (Å²) >= 11 is 0. The monoisotopic (exact) mass is 519 g/mol. The molecule has 0 fully saturated rings. The van der Waals surface area contributed by atoms with E-state index in [-0.39, 0.29) is 36.2 Å². The van der Waals surface area contributed by atoms with Crippen LogP contribution in [0, 0.1) is 0 Å². The molecule has 13 heteroatoms. The summed E-state index contributed by atoms with van der Waals surface area (Å²) in [6.07, 6.45) is -2.14. The van der Waals surface area contributed by atoms with Gasteiger partial charge in [0.25, 0.3) is 5.91 Å². The number of hydrogen-bond acceptors (Lipinski definition) is 12. The Labute approximate surface area is 210 Å². The molecule has 2 heterocycles. The zero-order chi connectivity index (χ0) is 26.9. The van der Waals surface area contributed by atoms with Gasteiger partial charge in [0.1, 0.15) is 0 Å². The lowest BCUT2D eigenvalue weighted by Crippen LogP contribution is -2.60. The number of fused-ring (bicyclic) bond motifs is 4. The molecule has 0 saturated heterocycles. The Morgan fingerprint density at radius 3 is 2.32 bits per heavy atom. The summed E-state index contributed by atoms with van der Waals surface area (Å²) in [6.45, 7) is 4.60. The van der Waals surface area contributed by atoms with E-state index in [4.69, 9.17) is 33.2 Å². The van der Waals surface area contributed by atoms with Crippen molar-refractivity contribution in [3.05, 3.63) is 23.3 Å². The van der Waals surface area contributed by atoms with Crippen molar-refractivity contribution in [3.63, 3.8) is 0 Å². The number of hydrogen-bond donors (Lipinski definition) is 1. The van der Waals surface area contributed by atoms with E-state index >= 15 is 0 Å². The molecule has 13 nitrogen and oxygen atoms in total. The largest absolute Gasteiger partial charge is 0.477 e. The van der Waals surface area contributed by atoms with Gasteiger partial charge in [-0.1, -0.05) is 0 Å². The molecule has 4 atom stereocenters. The van der Waals surface area contributed by atoms with Gasteiger partial charge in [0, 0.05) is 26.3 Å². The van der Waals surface area contributed by atoms with Gasteiger partial charge in [-0.25, -0.2) is 4.79 Å². The van der Waals surface area contributed by atoms with Crippen molar-refractivity contribution >= 4 is 35.4 Å². The number of nitrogens with one attached hydrogen (secondary N) is 1. The minimum atomic E-state index is -1.24. The smallest absolute Gasteiger partial charge is 0.344 e. The van der Waals surface area contributed by atoms with Crippen LogP contribution in [0.3, 0.4) is 0 Å². The summed E-state index contributed by atoms with van der Waals surface area (Å²) in [5, 5.41) is 2.74. The van der Waals surface area contributed by atoms with Crippen molar-refractivity contribution < 1.29 is 57.1 Å². The van der Waals surface area contributed by atoms with Gasteiger partial charge < -0.3 is 38.5 Å². The number of amides is 1. The lowest BCUT2D eigenvalue weighted by molar-refractivity contribution is -0.181. The minimum absolute atomic E-state index is 0.0186. The fourth-order valence-electron chi connectivity index (χ4n) is 4.44. The van der Waals surface area contributed by atoms with E-state index in [0.717, 1.165) is 13.8 Å². The van der Waals surface area contributed by atoms with Gasteiger partial charge in [-0.05, 0) is 24.6 Å². The number of carbonyl (C=O) groups excluding carboxylic acids is 5. The average molecular weight is 519 g/mol. The van der Waals surface area contributed by atoms with Crippen molar-refractivity contribution in [2.45, 2.75) is 52.0 Å². The molecule has 2 aliphatic heterocycles. The van der Waals surface area contributed by atoms with E-state index in [1.54, 1.807) is 6.92 Å². The van der Waals surface area contributed by atoms with Crippen LogP contribution in [-0.2, 0) is 38.1 Å². The van der Waals surface area contributed by atoms with Crippen molar-refractivity contribution in [1.29, 1.82) is 0 Å². The molecule has 0 unspecified atom stereocenters. The summed E-state index contributed by atoms with van der Waals surface area (Å²) in [6, 6.07) is 0.548. The molecular formula is C24H25NO12. The highest BCUT2D eigenvalue weighted by atomic mass is 16.7. The molecule has 1 aromatic carbocycles. The maximum absolute atomic E-state index is 13.4. The molecule has 37 heavy (non-hydrogen) atoms. The van der Waals surface area contributed by atoms with Crippen molar-refractivity contribution in [2.24, 2.45) is 0 Å². The van der Waals surface area contributed by atoms with Gasteiger partial charge in [-0.3, -0.25) is 19.2 Å². The Kier molecular flexibility index (Phi) is 7.23. The van der Waals surface area contributed by atoms with Gasteiger partial charge in [0.05, 0.1) is 18.2 Å². The Morgan fingerprint density at radius 2 is 1.68 bits per heavy atom. The summed E-state index contributed by atoms with van der Waals surface area (Å²) in [5.74, 6) is -3.09. The van der Waals surface area contributed by atoms with E-state index in [0.29, 0.717) is 11.1 Å². The molecule has 4 rings (SSSR count). The molecule has 1 aromatic rings. The van der Waals surface area contributed by atoms with E-state index in [2.05, 4.69) is 5.32 Å². The highest BCUT2D eigenvalue weighted by molar-refractivity contribution is 6.08. The van der Waals surface area contributed by atoms with Crippen molar-refractivity contribution in [3.8, 4) is 17.2 Å². The lowest BCUT2D eigenvalue weighted by atomic mass is 9.79. The van der Waals surface area contributed by atoms with Gasteiger partial charge in [-0.2, -0.15) is 0 Å². The Balaban J connectivity index is 1.86. The second-order valence-corrected chi connectivity index (χ2v) is 8.25. The topological polar surface area (TPSA) is 162 Å². The molecule has 3 aliphatic rings. The van der Waals surface area contributed by atoms with Crippen LogP contribution >= 0.6 is 0 Å².